The van der Waals surface area contributed by atoms with E-state index in [9.17, 15) is 5.11 Å². The number of likely N-dealkylation sites (N-methyl/N-ethyl adjacent to an activating group) is 1. The van der Waals surface area contributed by atoms with Crippen LogP contribution in [0.2, 0.25) is 0 Å². The summed E-state index contributed by atoms with van der Waals surface area (Å²) in [6.07, 6.45) is 1.13. The Hall–Kier alpha value is -0.120. The molecule has 0 aliphatic heterocycles. The summed E-state index contributed by atoms with van der Waals surface area (Å²) < 4.78 is 5.70. The monoisotopic (exact) mass is 217 g/mol. The van der Waals surface area contributed by atoms with E-state index in [1.54, 1.807) is 0 Å². The second kappa shape index (κ2) is 7.20. The molecule has 0 saturated carbocycles. The number of nitrogens with one attached hydrogen (secondary N) is 1. The van der Waals surface area contributed by atoms with Crippen LogP contribution in [0.1, 0.15) is 41.0 Å². The van der Waals surface area contributed by atoms with Gasteiger partial charge in [0.05, 0.1) is 12.7 Å². The van der Waals surface area contributed by atoms with Crippen LogP contribution < -0.4 is 5.32 Å². The molecule has 2 atom stereocenters. The van der Waals surface area contributed by atoms with Crippen LogP contribution in [0.5, 0.6) is 0 Å². The van der Waals surface area contributed by atoms with Crippen LogP contribution in [-0.4, -0.2) is 36.5 Å². The van der Waals surface area contributed by atoms with Gasteiger partial charge >= 0.3 is 0 Å². The minimum absolute atomic E-state index is 0.153. The van der Waals surface area contributed by atoms with E-state index in [2.05, 4.69) is 26.1 Å². The van der Waals surface area contributed by atoms with Crippen molar-refractivity contribution in [3.63, 3.8) is 0 Å². The fourth-order valence-electron chi connectivity index (χ4n) is 1.31. The molecule has 0 saturated heterocycles. The van der Waals surface area contributed by atoms with Crippen molar-refractivity contribution in [2.75, 3.05) is 19.8 Å². The maximum absolute atomic E-state index is 9.27. The van der Waals surface area contributed by atoms with E-state index in [0.717, 1.165) is 13.0 Å². The Morgan fingerprint density at radius 2 is 1.93 bits per heavy atom. The first-order chi connectivity index (χ1) is 6.95. The summed E-state index contributed by atoms with van der Waals surface area (Å²) in [5.41, 5.74) is -0.203. The first-order valence-electron chi connectivity index (χ1n) is 5.92. The highest BCUT2D eigenvalue weighted by atomic mass is 16.5. The Balaban J connectivity index is 3.81. The summed E-state index contributed by atoms with van der Waals surface area (Å²) in [4.78, 5) is 0. The van der Waals surface area contributed by atoms with Crippen molar-refractivity contribution >= 4 is 0 Å². The van der Waals surface area contributed by atoms with Crippen LogP contribution in [0.25, 0.3) is 0 Å². The maximum Gasteiger partial charge on any atom is 0.0611 e. The second-order valence-electron chi connectivity index (χ2n) is 4.82. The molecular formula is C12H27NO2. The van der Waals surface area contributed by atoms with Crippen LogP contribution in [0, 0.1) is 5.92 Å². The van der Waals surface area contributed by atoms with E-state index in [4.69, 9.17) is 4.74 Å². The van der Waals surface area contributed by atoms with Crippen molar-refractivity contribution in [2.45, 2.75) is 52.7 Å². The minimum Gasteiger partial charge on any atom is -0.394 e. The Labute approximate surface area is 94.2 Å². The van der Waals surface area contributed by atoms with E-state index >= 15 is 0 Å². The van der Waals surface area contributed by atoms with Crippen molar-refractivity contribution in [3.8, 4) is 0 Å². The average Bonchev–Trinajstić information content (AvgIpc) is 2.18. The van der Waals surface area contributed by atoms with Gasteiger partial charge in [0.2, 0.25) is 0 Å². The largest absolute Gasteiger partial charge is 0.394 e. The maximum atomic E-state index is 9.27. The predicted molar refractivity (Wildman–Crippen MR) is 64.0 cm³/mol. The Morgan fingerprint density at radius 3 is 2.33 bits per heavy atom. The lowest BCUT2D eigenvalue weighted by Gasteiger charge is -2.29. The van der Waals surface area contributed by atoms with E-state index in [-0.39, 0.29) is 18.2 Å². The topological polar surface area (TPSA) is 41.5 Å². The van der Waals surface area contributed by atoms with Gasteiger partial charge in [0.1, 0.15) is 0 Å². The van der Waals surface area contributed by atoms with Crippen molar-refractivity contribution in [3.05, 3.63) is 0 Å². The number of aliphatic hydroxyl groups is 1. The third-order valence-corrected chi connectivity index (χ3v) is 2.93. The van der Waals surface area contributed by atoms with Gasteiger partial charge in [-0.25, -0.2) is 0 Å². The molecule has 92 valence electrons. The molecule has 0 aromatic heterocycles. The van der Waals surface area contributed by atoms with Crippen molar-refractivity contribution in [1.29, 1.82) is 0 Å². The average molecular weight is 217 g/mol. The fourth-order valence-corrected chi connectivity index (χ4v) is 1.31. The molecule has 0 fully saturated rings. The highest BCUT2D eigenvalue weighted by Crippen LogP contribution is 2.11. The minimum atomic E-state index is -0.203. The van der Waals surface area contributed by atoms with E-state index in [1.165, 1.54) is 0 Å². The number of rotatable bonds is 8. The van der Waals surface area contributed by atoms with Gasteiger partial charge in [0, 0.05) is 12.1 Å². The predicted octanol–water partition coefficient (Wildman–Crippen LogP) is 1.80. The number of hydrogen-bond donors (Lipinski definition) is 2. The molecule has 0 aliphatic rings. The number of hydrogen-bond acceptors (Lipinski definition) is 3. The van der Waals surface area contributed by atoms with Gasteiger partial charge in [0.25, 0.3) is 0 Å². The SMILES string of the molecule is CCNC(C)(CO)CCOC(C)C(C)C. The summed E-state index contributed by atoms with van der Waals surface area (Å²) in [5, 5.41) is 12.6. The van der Waals surface area contributed by atoms with Gasteiger partial charge < -0.3 is 15.2 Å². The first-order valence-corrected chi connectivity index (χ1v) is 5.92. The molecule has 2 unspecified atom stereocenters. The molecule has 0 bridgehead atoms. The van der Waals surface area contributed by atoms with Gasteiger partial charge in [-0.1, -0.05) is 20.8 Å². The summed E-state index contributed by atoms with van der Waals surface area (Å²) in [6, 6.07) is 0. The number of ether oxygens (including phenoxy) is 1. The van der Waals surface area contributed by atoms with Crippen LogP contribution in [0.3, 0.4) is 0 Å². The van der Waals surface area contributed by atoms with Crippen LogP contribution in [0.4, 0.5) is 0 Å². The smallest absolute Gasteiger partial charge is 0.0611 e. The zero-order valence-electron chi connectivity index (χ0n) is 10.8. The molecule has 0 aromatic rings. The van der Waals surface area contributed by atoms with Gasteiger partial charge in [-0.3, -0.25) is 0 Å². The molecule has 0 aromatic carbocycles. The third-order valence-electron chi connectivity index (χ3n) is 2.93. The van der Waals surface area contributed by atoms with Crippen molar-refractivity contribution < 1.29 is 9.84 Å². The molecular weight excluding hydrogens is 190 g/mol. The Bertz CT molecular complexity index is 162. The number of aliphatic hydroxyl groups excluding tert-OH is 1. The molecule has 0 rings (SSSR count). The molecule has 0 amide bonds. The van der Waals surface area contributed by atoms with Gasteiger partial charge in [-0.15, -0.1) is 0 Å². The highest BCUT2D eigenvalue weighted by molar-refractivity contribution is 4.81. The molecule has 0 aliphatic carbocycles. The summed E-state index contributed by atoms with van der Waals surface area (Å²) >= 11 is 0. The molecule has 3 nitrogen and oxygen atoms in total. The third kappa shape index (κ3) is 6.13. The van der Waals surface area contributed by atoms with Gasteiger partial charge in [-0.2, -0.15) is 0 Å². The standard InChI is InChI=1S/C12H27NO2/c1-6-13-12(5,9-14)7-8-15-11(4)10(2)3/h10-11,13-14H,6-9H2,1-5H3. The van der Waals surface area contributed by atoms with E-state index in [1.807, 2.05) is 13.8 Å². The lowest BCUT2D eigenvalue weighted by atomic mass is 9.99. The summed E-state index contributed by atoms with van der Waals surface area (Å²) in [7, 11) is 0. The normalized spacial score (nSPS) is 17.8. The van der Waals surface area contributed by atoms with Crippen molar-refractivity contribution in [1.82, 2.24) is 5.32 Å². The van der Waals surface area contributed by atoms with Crippen LogP contribution >= 0.6 is 0 Å². The molecule has 0 spiro atoms. The van der Waals surface area contributed by atoms with Gasteiger partial charge in [0.15, 0.2) is 0 Å². The first kappa shape index (κ1) is 14.9. The zero-order chi connectivity index (χ0) is 11.9. The highest BCUT2D eigenvalue weighted by Gasteiger charge is 2.21. The zero-order valence-corrected chi connectivity index (χ0v) is 10.8. The van der Waals surface area contributed by atoms with E-state index in [0.29, 0.717) is 12.5 Å². The van der Waals surface area contributed by atoms with Crippen molar-refractivity contribution in [2.24, 2.45) is 5.92 Å². The van der Waals surface area contributed by atoms with Gasteiger partial charge in [-0.05, 0) is 32.7 Å². The molecule has 15 heavy (non-hydrogen) atoms. The summed E-state index contributed by atoms with van der Waals surface area (Å²) in [6.45, 7) is 12.2. The fraction of sp³-hybridized carbons (Fsp3) is 1.00. The van der Waals surface area contributed by atoms with E-state index < -0.39 is 0 Å². The molecule has 0 radical (unpaired) electrons. The van der Waals surface area contributed by atoms with Crippen LogP contribution in [0.15, 0.2) is 0 Å². The molecule has 2 N–H and O–H groups in total. The Kier molecular flexibility index (Phi) is 7.14. The Morgan fingerprint density at radius 1 is 1.33 bits per heavy atom. The summed E-state index contributed by atoms with van der Waals surface area (Å²) in [5.74, 6) is 0.546. The lowest BCUT2D eigenvalue weighted by molar-refractivity contribution is 0.0171. The quantitative estimate of drug-likeness (QED) is 0.651. The molecule has 0 heterocycles. The lowest BCUT2D eigenvalue weighted by Crippen LogP contribution is -2.46. The second-order valence-corrected chi connectivity index (χ2v) is 4.82. The molecule has 3 heteroatoms. The van der Waals surface area contributed by atoms with Crippen LogP contribution in [-0.2, 0) is 4.74 Å².